The second kappa shape index (κ2) is 8.76. The van der Waals surface area contributed by atoms with Gasteiger partial charge in [0.15, 0.2) is 0 Å². The smallest absolute Gasteiger partial charge is 0.0205 e. The van der Waals surface area contributed by atoms with E-state index in [0.29, 0.717) is 6.04 Å². The minimum absolute atomic E-state index is 0.548. The van der Waals surface area contributed by atoms with E-state index in [-0.39, 0.29) is 0 Å². The van der Waals surface area contributed by atoms with Crippen molar-refractivity contribution in [2.75, 3.05) is 19.6 Å². The molecule has 1 rings (SSSR count). The van der Waals surface area contributed by atoms with Gasteiger partial charge in [0, 0.05) is 25.2 Å². The van der Waals surface area contributed by atoms with Crippen molar-refractivity contribution in [1.29, 1.82) is 0 Å². The molecule has 1 aliphatic carbocycles. The zero-order chi connectivity index (χ0) is 14.3. The zero-order valence-electron chi connectivity index (χ0n) is 13.5. The van der Waals surface area contributed by atoms with Crippen molar-refractivity contribution >= 4 is 0 Å². The maximum absolute atomic E-state index is 4.26. The molecule has 0 unspecified atom stereocenters. The summed E-state index contributed by atoms with van der Waals surface area (Å²) in [5.74, 6) is 0.797. The highest BCUT2D eigenvalue weighted by Gasteiger charge is 2.22. The Morgan fingerprint density at radius 1 is 1.21 bits per heavy atom. The third-order valence-corrected chi connectivity index (χ3v) is 4.02. The maximum atomic E-state index is 4.26. The van der Waals surface area contributed by atoms with Gasteiger partial charge in [-0.15, -0.1) is 0 Å². The zero-order valence-corrected chi connectivity index (χ0v) is 13.5. The minimum Gasteiger partial charge on any atom is -0.311 e. The van der Waals surface area contributed by atoms with Crippen LogP contribution in [-0.2, 0) is 0 Å². The monoisotopic (exact) mass is 266 g/mol. The highest BCUT2D eigenvalue weighted by molar-refractivity contribution is 5.01. The summed E-state index contributed by atoms with van der Waals surface area (Å²) in [6, 6.07) is 1.36. The molecule has 0 spiro atoms. The topological polar surface area (TPSA) is 15.3 Å². The van der Waals surface area contributed by atoms with Crippen LogP contribution in [0.3, 0.4) is 0 Å². The van der Waals surface area contributed by atoms with Crippen molar-refractivity contribution in [1.82, 2.24) is 10.2 Å². The molecule has 0 aliphatic heterocycles. The number of nitrogens with zero attached hydrogens (tertiary/aromatic N) is 1. The molecule has 112 valence electrons. The summed E-state index contributed by atoms with van der Waals surface area (Å²) in [4.78, 5) is 2.69. The van der Waals surface area contributed by atoms with Gasteiger partial charge in [0.1, 0.15) is 0 Å². The predicted molar refractivity (Wildman–Crippen MR) is 85.6 cm³/mol. The SMILES string of the molecule is C=C(CNC(C)C)CN(CCC(C)C)C1CCCC1. The lowest BCUT2D eigenvalue weighted by molar-refractivity contribution is 0.203. The minimum atomic E-state index is 0.548. The van der Waals surface area contributed by atoms with Gasteiger partial charge in [0.05, 0.1) is 0 Å². The Bertz CT molecular complexity index is 252. The van der Waals surface area contributed by atoms with E-state index in [0.717, 1.165) is 25.0 Å². The second-order valence-electron chi connectivity index (χ2n) is 6.88. The molecule has 0 atom stereocenters. The molecule has 1 aliphatic rings. The first-order valence-electron chi connectivity index (χ1n) is 8.13. The fraction of sp³-hybridized carbons (Fsp3) is 0.882. The average Bonchev–Trinajstić information content (AvgIpc) is 2.85. The van der Waals surface area contributed by atoms with Crippen LogP contribution in [0.2, 0.25) is 0 Å². The van der Waals surface area contributed by atoms with Gasteiger partial charge in [-0.1, -0.05) is 47.1 Å². The molecule has 2 heteroatoms. The van der Waals surface area contributed by atoms with Crippen LogP contribution in [0.15, 0.2) is 12.2 Å². The molecule has 0 aromatic rings. The third-order valence-electron chi connectivity index (χ3n) is 4.02. The van der Waals surface area contributed by atoms with Crippen LogP contribution in [0.25, 0.3) is 0 Å². The standard InChI is InChI=1S/C17H34N2/c1-14(2)10-11-19(17-8-6-7-9-17)13-16(5)12-18-15(3)4/h14-15,17-18H,5-13H2,1-4H3. The number of hydrogen-bond donors (Lipinski definition) is 1. The van der Waals surface area contributed by atoms with E-state index < -0.39 is 0 Å². The van der Waals surface area contributed by atoms with Crippen molar-refractivity contribution in [3.05, 3.63) is 12.2 Å². The molecule has 0 radical (unpaired) electrons. The molecule has 0 amide bonds. The molecular formula is C17H34N2. The third kappa shape index (κ3) is 7.12. The Kier molecular flexibility index (Phi) is 7.70. The average molecular weight is 266 g/mol. The van der Waals surface area contributed by atoms with Gasteiger partial charge in [-0.05, 0) is 37.3 Å². The van der Waals surface area contributed by atoms with Gasteiger partial charge in [-0.25, -0.2) is 0 Å². The first kappa shape index (κ1) is 16.7. The molecule has 1 N–H and O–H groups in total. The molecule has 0 bridgehead atoms. The predicted octanol–water partition coefficient (Wildman–Crippen LogP) is 3.83. The van der Waals surface area contributed by atoms with E-state index in [9.17, 15) is 0 Å². The quantitative estimate of drug-likeness (QED) is 0.638. The Hall–Kier alpha value is -0.340. The summed E-state index contributed by atoms with van der Waals surface area (Å²) in [6.45, 7) is 16.6. The lowest BCUT2D eigenvalue weighted by atomic mass is 10.1. The molecule has 1 saturated carbocycles. The summed E-state index contributed by atoms with van der Waals surface area (Å²) >= 11 is 0. The summed E-state index contributed by atoms with van der Waals surface area (Å²) < 4.78 is 0. The lowest BCUT2D eigenvalue weighted by Gasteiger charge is -2.30. The molecule has 0 aromatic heterocycles. The highest BCUT2D eigenvalue weighted by Crippen LogP contribution is 2.24. The Morgan fingerprint density at radius 3 is 2.37 bits per heavy atom. The van der Waals surface area contributed by atoms with Gasteiger partial charge >= 0.3 is 0 Å². The molecular weight excluding hydrogens is 232 g/mol. The van der Waals surface area contributed by atoms with Crippen molar-refractivity contribution in [2.24, 2.45) is 5.92 Å². The highest BCUT2D eigenvalue weighted by atomic mass is 15.2. The van der Waals surface area contributed by atoms with Crippen LogP contribution in [0.1, 0.15) is 59.8 Å². The largest absolute Gasteiger partial charge is 0.311 e. The summed E-state index contributed by atoms with van der Waals surface area (Å²) in [6.07, 6.45) is 6.92. The van der Waals surface area contributed by atoms with Crippen molar-refractivity contribution in [3.63, 3.8) is 0 Å². The second-order valence-corrected chi connectivity index (χ2v) is 6.88. The van der Waals surface area contributed by atoms with Crippen molar-refractivity contribution < 1.29 is 0 Å². The van der Waals surface area contributed by atoms with Crippen LogP contribution in [0.4, 0.5) is 0 Å². The molecule has 0 saturated heterocycles. The van der Waals surface area contributed by atoms with Crippen LogP contribution in [0.5, 0.6) is 0 Å². The van der Waals surface area contributed by atoms with E-state index in [4.69, 9.17) is 0 Å². The van der Waals surface area contributed by atoms with Crippen LogP contribution in [0, 0.1) is 5.92 Å². The fourth-order valence-corrected chi connectivity index (χ4v) is 2.78. The molecule has 19 heavy (non-hydrogen) atoms. The van der Waals surface area contributed by atoms with E-state index in [2.05, 4.69) is 44.5 Å². The fourth-order valence-electron chi connectivity index (χ4n) is 2.78. The van der Waals surface area contributed by atoms with Crippen LogP contribution in [-0.4, -0.2) is 36.6 Å². The van der Waals surface area contributed by atoms with Crippen LogP contribution < -0.4 is 5.32 Å². The molecule has 0 aromatic carbocycles. The van der Waals surface area contributed by atoms with Gasteiger partial charge < -0.3 is 5.32 Å². The first-order chi connectivity index (χ1) is 8.99. The summed E-state index contributed by atoms with van der Waals surface area (Å²) in [5.41, 5.74) is 1.34. The van der Waals surface area contributed by atoms with Crippen molar-refractivity contribution in [3.8, 4) is 0 Å². The van der Waals surface area contributed by atoms with E-state index in [1.807, 2.05) is 0 Å². The molecule has 2 nitrogen and oxygen atoms in total. The van der Waals surface area contributed by atoms with Crippen molar-refractivity contribution in [2.45, 2.75) is 71.9 Å². The van der Waals surface area contributed by atoms with E-state index in [1.54, 1.807) is 0 Å². The molecule has 1 fully saturated rings. The first-order valence-corrected chi connectivity index (χ1v) is 8.13. The van der Waals surface area contributed by atoms with Gasteiger partial charge in [-0.3, -0.25) is 4.90 Å². The summed E-state index contributed by atoms with van der Waals surface area (Å²) in [5, 5.41) is 3.48. The lowest BCUT2D eigenvalue weighted by Crippen LogP contribution is -2.38. The number of hydrogen-bond acceptors (Lipinski definition) is 2. The van der Waals surface area contributed by atoms with E-state index >= 15 is 0 Å². The van der Waals surface area contributed by atoms with Gasteiger partial charge in [-0.2, -0.15) is 0 Å². The van der Waals surface area contributed by atoms with Gasteiger partial charge in [0.2, 0.25) is 0 Å². The normalized spacial score (nSPS) is 17.0. The summed E-state index contributed by atoms with van der Waals surface area (Å²) in [7, 11) is 0. The maximum Gasteiger partial charge on any atom is 0.0205 e. The Labute approximate surface area is 120 Å². The number of nitrogens with one attached hydrogen (secondary N) is 1. The molecule has 0 heterocycles. The van der Waals surface area contributed by atoms with E-state index in [1.165, 1.54) is 44.2 Å². The van der Waals surface area contributed by atoms with Gasteiger partial charge in [0.25, 0.3) is 0 Å². The van der Waals surface area contributed by atoms with Crippen LogP contribution >= 0.6 is 0 Å². The Balaban J connectivity index is 2.40. The Morgan fingerprint density at radius 2 is 1.84 bits per heavy atom. The number of rotatable bonds is 9.